The third-order valence-corrected chi connectivity index (χ3v) is 4.27. The quantitative estimate of drug-likeness (QED) is 0.750. The SMILES string of the molecule is CCn1cc(Br)c(CN(C)C(=O)C(C)n2cc(Br)cn2)n1. The topological polar surface area (TPSA) is 56.0 Å². The highest BCUT2D eigenvalue weighted by atomic mass is 79.9. The van der Waals surface area contributed by atoms with Crippen LogP contribution in [0.2, 0.25) is 0 Å². The van der Waals surface area contributed by atoms with Crippen molar-refractivity contribution in [2.45, 2.75) is 33.0 Å². The van der Waals surface area contributed by atoms with Crippen molar-refractivity contribution in [1.29, 1.82) is 0 Å². The van der Waals surface area contributed by atoms with Crippen molar-refractivity contribution in [3.8, 4) is 0 Å². The Morgan fingerprint density at radius 1 is 1.43 bits per heavy atom. The molecule has 0 aliphatic heterocycles. The molecule has 2 aromatic heterocycles. The minimum atomic E-state index is -0.353. The normalized spacial score (nSPS) is 12.4. The van der Waals surface area contributed by atoms with Gasteiger partial charge in [-0.15, -0.1) is 0 Å². The molecular weight excluding hydrogens is 402 g/mol. The van der Waals surface area contributed by atoms with Gasteiger partial charge in [-0.2, -0.15) is 10.2 Å². The van der Waals surface area contributed by atoms with Crippen LogP contribution in [0.3, 0.4) is 0 Å². The molecule has 0 radical (unpaired) electrons. The molecule has 2 rings (SSSR count). The maximum Gasteiger partial charge on any atom is 0.247 e. The Balaban J connectivity index is 2.06. The maximum atomic E-state index is 12.4. The number of amides is 1. The van der Waals surface area contributed by atoms with Gasteiger partial charge in [0.2, 0.25) is 5.91 Å². The number of carbonyl (C=O) groups is 1. The molecule has 21 heavy (non-hydrogen) atoms. The summed E-state index contributed by atoms with van der Waals surface area (Å²) in [5.41, 5.74) is 0.849. The first-order valence-electron chi connectivity index (χ1n) is 6.58. The molecule has 6 nitrogen and oxygen atoms in total. The van der Waals surface area contributed by atoms with Gasteiger partial charge in [0.1, 0.15) is 6.04 Å². The average molecular weight is 419 g/mol. The van der Waals surface area contributed by atoms with Crippen molar-refractivity contribution in [1.82, 2.24) is 24.5 Å². The van der Waals surface area contributed by atoms with Crippen molar-refractivity contribution in [2.75, 3.05) is 7.05 Å². The van der Waals surface area contributed by atoms with E-state index in [2.05, 4.69) is 42.1 Å². The van der Waals surface area contributed by atoms with E-state index in [0.717, 1.165) is 21.2 Å². The molecule has 2 aromatic rings. The Morgan fingerprint density at radius 3 is 2.67 bits per heavy atom. The second-order valence-electron chi connectivity index (χ2n) is 4.79. The Morgan fingerprint density at radius 2 is 2.14 bits per heavy atom. The number of hydrogen-bond acceptors (Lipinski definition) is 3. The van der Waals surface area contributed by atoms with E-state index in [1.165, 1.54) is 0 Å². The van der Waals surface area contributed by atoms with Gasteiger partial charge in [-0.3, -0.25) is 14.2 Å². The van der Waals surface area contributed by atoms with Crippen molar-refractivity contribution in [3.63, 3.8) is 0 Å². The fraction of sp³-hybridized carbons (Fsp3) is 0.462. The molecule has 0 N–H and O–H groups in total. The van der Waals surface area contributed by atoms with Crippen LogP contribution in [0, 0.1) is 0 Å². The molecule has 0 spiro atoms. The first-order valence-corrected chi connectivity index (χ1v) is 8.17. The molecule has 0 saturated carbocycles. The zero-order valence-electron chi connectivity index (χ0n) is 12.1. The van der Waals surface area contributed by atoms with Gasteiger partial charge < -0.3 is 4.90 Å². The number of rotatable bonds is 5. The lowest BCUT2D eigenvalue weighted by Gasteiger charge is -2.21. The molecular formula is C13H17Br2N5O. The number of likely N-dealkylation sites (N-methyl/N-ethyl adjacent to an activating group) is 1. The van der Waals surface area contributed by atoms with Crippen LogP contribution in [0.25, 0.3) is 0 Å². The second-order valence-corrected chi connectivity index (χ2v) is 6.56. The zero-order chi connectivity index (χ0) is 15.6. The van der Waals surface area contributed by atoms with E-state index < -0.39 is 0 Å². The molecule has 8 heteroatoms. The Hall–Kier alpha value is -1.15. The van der Waals surface area contributed by atoms with Crippen LogP contribution in [0.15, 0.2) is 27.5 Å². The lowest BCUT2D eigenvalue weighted by molar-refractivity contribution is -0.133. The minimum Gasteiger partial charge on any atom is -0.338 e. The van der Waals surface area contributed by atoms with Gasteiger partial charge in [-0.25, -0.2) is 0 Å². The first-order chi connectivity index (χ1) is 9.92. The summed E-state index contributed by atoms with van der Waals surface area (Å²) in [6.07, 6.45) is 5.38. The molecule has 0 fully saturated rings. The van der Waals surface area contributed by atoms with E-state index in [4.69, 9.17) is 0 Å². The average Bonchev–Trinajstić information content (AvgIpc) is 3.04. The lowest BCUT2D eigenvalue weighted by atomic mass is 10.3. The summed E-state index contributed by atoms with van der Waals surface area (Å²) in [4.78, 5) is 14.1. The number of hydrogen-bond donors (Lipinski definition) is 0. The summed E-state index contributed by atoms with van der Waals surface area (Å²) in [5, 5.41) is 8.59. The smallest absolute Gasteiger partial charge is 0.247 e. The molecule has 2 heterocycles. The Bertz CT molecular complexity index is 636. The van der Waals surface area contributed by atoms with E-state index in [0.29, 0.717) is 6.54 Å². The largest absolute Gasteiger partial charge is 0.338 e. The molecule has 1 atom stereocenters. The van der Waals surface area contributed by atoms with Crippen LogP contribution in [-0.2, 0) is 17.9 Å². The monoisotopic (exact) mass is 417 g/mol. The second kappa shape index (κ2) is 6.74. The summed E-state index contributed by atoms with van der Waals surface area (Å²) in [6.45, 7) is 5.11. The van der Waals surface area contributed by atoms with Crippen LogP contribution < -0.4 is 0 Å². The number of aromatic nitrogens is 4. The molecule has 114 valence electrons. The van der Waals surface area contributed by atoms with E-state index in [9.17, 15) is 4.79 Å². The molecule has 0 aliphatic rings. The van der Waals surface area contributed by atoms with Gasteiger partial charge in [-0.05, 0) is 45.7 Å². The number of aryl methyl sites for hydroxylation is 1. The third-order valence-electron chi connectivity index (χ3n) is 3.20. The minimum absolute atomic E-state index is 0.0106. The number of carbonyl (C=O) groups excluding carboxylic acids is 1. The molecule has 1 amide bonds. The van der Waals surface area contributed by atoms with Crippen molar-refractivity contribution in [2.24, 2.45) is 0 Å². The highest BCUT2D eigenvalue weighted by molar-refractivity contribution is 9.10. The number of nitrogens with zero attached hydrogens (tertiary/aromatic N) is 5. The summed E-state index contributed by atoms with van der Waals surface area (Å²) in [5.74, 6) is -0.0106. The fourth-order valence-electron chi connectivity index (χ4n) is 1.97. The van der Waals surface area contributed by atoms with Crippen LogP contribution in [0.1, 0.15) is 25.6 Å². The molecule has 0 bridgehead atoms. The van der Waals surface area contributed by atoms with E-state index in [1.54, 1.807) is 29.0 Å². The molecule has 0 aliphatic carbocycles. The molecule has 0 aromatic carbocycles. The Labute approximate surface area is 140 Å². The molecule has 0 saturated heterocycles. The van der Waals surface area contributed by atoms with Crippen LogP contribution in [0.4, 0.5) is 0 Å². The summed E-state index contributed by atoms with van der Waals surface area (Å²) >= 11 is 6.81. The van der Waals surface area contributed by atoms with Gasteiger partial charge in [0, 0.05) is 26.0 Å². The lowest BCUT2D eigenvalue weighted by Crippen LogP contribution is -2.33. The highest BCUT2D eigenvalue weighted by Gasteiger charge is 2.21. The summed E-state index contributed by atoms with van der Waals surface area (Å²) < 4.78 is 5.25. The zero-order valence-corrected chi connectivity index (χ0v) is 15.3. The predicted octanol–water partition coefficient (Wildman–Crippen LogP) is 2.84. The van der Waals surface area contributed by atoms with Crippen molar-refractivity contribution in [3.05, 3.63) is 33.2 Å². The summed E-state index contributed by atoms with van der Waals surface area (Å²) in [6, 6.07) is -0.353. The predicted molar refractivity (Wildman–Crippen MR) is 86.7 cm³/mol. The van der Waals surface area contributed by atoms with Crippen molar-refractivity contribution >= 4 is 37.8 Å². The van der Waals surface area contributed by atoms with Crippen LogP contribution in [0.5, 0.6) is 0 Å². The van der Waals surface area contributed by atoms with E-state index in [-0.39, 0.29) is 11.9 Å². The van der Waals surface area contributed by atoms with Crippen LogP contribution in [-0.4, -0.2) is 37.4 Å². The first kappa shape index (κ1) is 16.2. The van der Waals surface area contributed by atoms with Gasteiger partial charge in [-0.1, -0.05) is 0 Å². The number of halogens is 2. The van der Waals surface area contributed by atoms with E-state index >= 15 is 0 Å². The van der Waals surface area contributed by atoms with Crippen molar-refractivity contribution < 1.29 is 4.79 Å². The Kier molecular flexibility index (Phi) is 5.21. The van der Waals surface area contributed by atoms with Crippen LogP contribution >= 0.6 is 31.9 Å². The van der Waals surface area contributed by atoms with E-state index in [1.807, 2.05) is 24.7 Å². The van der Waals surface area contributed by atoms with Gasteiger partial charge >= 0.3 is 0 Å². The third kappa shape index (κ3) is 3.74. The molecule has 1 unspecified atom stereocenters. The standard InChI is InChI=1S/C13H17Br2N5O/c1-4-19-7-11(15)12(17-19)8-18(3)13(21)9(2)20-6-10(14)5-16-20/h5-7,9H,4,8H2,1-3H3. The summed E-state index contributed by atoms with van der Waals surface area (Å²) in [7, 11) is 1.77. The highest BCUT2D eigenvalue weighted by Crippen LogP contribution is 2.18. The van der Waals surface area contributed by atoms with Gasteiger partial charge in [0.05, 0.1) is 27.4 Å². The van der Waals surface area contributed by atoms with Gasteiger partial charge in [0.15, 0.2) is 0 Å². The van der Waals surface area contributed by atoms with Gasteiger partial charge in [0.25, 0.3) is 0 Å². The maximum absolute atomic E-state index is 12.4. The fourth-order valence-corrected chi connectivity index (χ4v) is 2.71.